The zero-order chi connectivity index (χ0) is 14.5. The SMILES string of the molecule is CC(C)NCc1cccc(F)c1OCC(=O)NC1CC1. The van der Waals surface area contributed by atoms with Gasteiger partial charge in [0.25, 0.3) is 5.91 Å². The van der Waals surface area contributed by atoms with E-state index in [9.17, 15) is 9.18 Å². The number of carbonyl (C=O) groups excluding carboxylic acids is 1. The molecule has 0 bridgehead atoms. The molecule has 0 aliphatic heterocycles. The molecule has 1 aliphatic carbocycles. The van der Waals surface area contributed by atoms with E-state index in [0.717, 1.165) is 18.4 Å². The third-order valence-corrected chi connectivity index (χ3v) is 3.04. The standard InChI is InChI=1S/C15H21FN2O2/c1-10(2)17-8-11-4-3-5-13(16)15(11)20-9-14(19)18-12-6-7-12/h3-5,10,12,17H,6-9H2,1-2H3,(H,18,19). The largest absolute Gasteiger partial charge is 0.480 e. The van der Waals surface area contributed by atoms with Gasteiger partial charge >= 0.3 is 0 Å². The van der Waals surface area contributed by atoms with Crippen molar-refractivity contribution in [3.8, 4) is 5.75 Å². The highest BCUT2D eigenvalue weighted by atomic mass is 19.1. The van der Waals surface area contributed by atoms with E-state index in [1.54, 1.807) is 12.1 Å². The lowest BCUT2D eigenvalue weighted by Gasteiger charge is -2.14. The molecule has 1 aromatic rings. The molecular formula is C15H21FN2O2. The van der Waals surface area contributed by atoms with Gasteiger partial charge < -0.3 is 15.4 Å². The first-order valence-electron chi connectivity index (χ1n) is 6.99. The Bertz CT molecular complexity index is 473. The summed E-state index contributed by atoms with van der Waals surface area (Å²) in [5, 5.41) is 6.02. The van der Waals surface area contributed by atoms with Crippen LogP contribution in [0.5, 0.6) is 5.75 Å². The number of para-hydroxylation sites is 1. The van der Waals surface area contributed by atoms with Crippen molar-refractivity contribution in [2.24, 2.45) is 0 Å². The van der Waals surface area contributed by atoms with E-state index >= 15 is 0 Å². The average molecular weight is 280 g/mol. The summed E-state index contributed by atoms with van der Waals surface area (Å²) in [5.41, 5.74) is 0.720. The maximum atomic E-state index is 13.8. The van der Waals surface area contributed by atoms with Crippen molar-refractivity contribution in [1.82, 2.24) is 10.6 Å². The van der Waals surface area contributed by atoms with Crippen molar-refractivity contribution in [3.05, 3.63) is 29.6 Å². The summed E-state index contributed by atoms with van der Waals surface area (Å²) < 4.78 is 19.2. The highest BCUT2D eigenvalue weighted by Gasteiger charge is 2.23. The number of hydrogen-bond donors (Lipinski definition) is 2. The summed E-state index contributed by atoms with van der Waals surface area (Å²) >= 11 is 0. The van der Waals surface area contributed by atoms with E-state index in [2.05, 4.69) is 10.6 Å². The van der Waals surface area contributed by atoms with Crippen LogP contribution in [0.4, 0.5) is 4.39 Å². The Labute approximate surface area is 118 Å². The van der Waals surface area contributed by atoms with Crippen molar-refractivity contribution >= 4 is 5.91 Å². The fourth-order valence-electron chi connectivity index (χ4n) is 1.80. The Kier molecular flexibility index (Phi) is 4.95. The molecule has 0 aromatic heterocycles. The average Bonchev–Trinajstić information content (AvgIpc) is 3.19. The van der Waals surface area contributed by atoms with Crippen LogP contribution in [0.1, 0.15) is 32.3 Å². The van der Waals surface area contributed by atoms with Gasteiger partial charge in [0, 0.05) is 24.2 Å². The van der Waals surface area contributed by atoms with Crippen LogP contribution in [-0.2, 0) is 11.3 Å². The molecule has 5 heteroatoms. The third-order valence-electron chi connectivity index (χ3n) is 3.04. The summed E-state index contributed by atoms with van der Waals surface area (Å²) in [7, 11) is 0. The predicted molar refractivity (Wildman–Crippen MR) is 75.0 cm³/mol. The monoisotopic (exact) mass is 280 g/mol. The molecule has 0 radical (unpaired) electrons. The minimum absolute atomic E-state index is 0.147. The van der Waals surface area contributed by atoms with E-state index < -0.39 is 5.82 Å². The maximum Gasteiger partial charge on any atom is 0.258 e. The number of amides is 1. The smallest absolute Gasteiger partial charge is 0.258 e. The molecule has 0 unspecified atom stereocenters. The molecule has 2 N–H and O–H groups in total. The van der Waals surface area contributed by atoms with Gasteiger partial charge in [-0.15, -0.1) is 0 Å². The molecule has 1 amide bonds. The van der Waals surface area contributed by atoms with Crippen LogP contribution >= 0.6 is 0 Å². The third kappa shape index (κ3) is 4.49. The number of hydrogen-bond acceptors (Lipinski definition) is 3. The van der Waals surface area contributed by atoms with Gasteiger partial charge in [-0.05, 0) is 18.9 Å². The first kappa shape index (κ1) is 14.8. The molecule has 110 valence electrons. The van der Waals surface area contributed by atoms with Crippen LogP contribution in [0, 0.1) is 5.82 Å². The molecule has 1 saturated carbocycles. The van der Waals surface area contributed by atoms with E-state index in [1.807, 2.05) is 13.8 Å². The van der Waals surface area contributed by atoms with Crippen LogP contribution < -0.4 is 15.4 Å². The van der Waals surface area contributed by atoms with E-state index in [-0.39, 0.29) is 24.3 Å². The molecule has 20 heavy (non-hydrogen) atoms. The number of nitrogens with one attached hydrogen (secondary N) is 2. The Morgan fingerprint density at radius 1 is 1.45 bits per heavy atom. The lowest BCUT2D eigenvalue weighted by molar-refractivity contribution is -0.123. The summed E-state index contributed by atoms with van der Waals surface area (Å²) in [4.78, 5) is 11.6. The first-order chi connectivity index (χ1) is 9.56. The second-order valence-corrected chi connectivity index (χ2v) is 5.39. The molecule has 1 fully saturated rings. The fourth-order valence-corrected chi connectivity index (χ4v) is 1.80. The van der Waals surface area contributed by atoms with Gasteiger partial charge in [-0.25, -0.2) is 4.39 Å². The van der Waals surface area contributed by atoms with Crippen molar-refractivity contribution in [2.45, 2.75) is 45.3 Å². The predicted octanol–water partition coefficient (Wildman–Crippen LogP) is 1.98. The molecule has 2 rings (SSSR count). The summed E-state index contributed by atoms with van der Waals surface area (Å²) in [6.45, 7) is 4.40. The Hall–Kier alpha value is -1.62. The molecule has 0 heterocycles. The Morgan fingerprint density at radius 3 is 2.85 bits per heavy atom. The fraction of sp³-hybridized carbons (Fsp3) is 0.533. The zero-order valence-electron chi connectivity index (χ0n) is 11.9. The van der Waals surface area contributed by atoms with Gasteiger partial charge in [-0.1, -0.05) is 26.0 Å². The maximum absolute atomic E-state index is 13.8. The normalized spacial score (nSPS) is 14.4. The summed E-state index contributed by atoms with van der Waals surface area (Å²) in [6.07, 6.45) is 2.05. The molecule has 1 aliphatic rings. The topological polar surface area (TPSA) is 50.4 Å². The summed E-state index contributed by atoms with van der Waals surface area (Å²) in [6, 6.07) is 5.36. The Morgan fingerprint density at radius 2 is 2.20 bits per heavy atom. The molecule has 0 spiro atoms. The molecule has 0 saturated heterocycles. The van der Waals surface area contributed by atoms with Crippen LogP contribution in [0.2, 0.25) is 0 Å². The van der Waals surface area contributed by atoms with Crippen LogP contribution in [-0.4, -0.2) is 24.6 Å². The lowest BCUT2D eigenvalue weighted by Crippen LogP contribution is -2.31. The quantitative estimate of drug-likeness (QED) is 0.803. The van der Waals surface area contributed by atoms with E-state index in [1.165, 1.54) is 6.07 Å². The van der Waals surface area contributed by atoms with Gasteiger partial charge in [0.15, 0.2) is 18.2 Å². The second kappa shape index (κ2) is 6.70. The van der Waals surface area contributed by atoms with Gasteiger partial charge in [-0.2, -0.15) is 0 Å². The van der Waals surface area contributed by atoms with Gasteiger partial charge in [0.05, 0.1) is 0 Å². The minimum Gasteiger partial charge on any atom is -0.480 e. The van der Waals surface area contributed by atoms with Crippen molar-refractivity contribution in [1.29, 1.82) is 0 Å². The number of rotatable bonds is 7. The van der Waals surface area contributed by atoms with E-state index in [0.29, 0.717) is 12.6 Å². The highest BCUT2D eigenvalue weighted by molar-refractivity contribution is 5.78. The Balaban J connectivity index is 1.95. The second-order valence-electron chi connectivity index (χ2n) is 5.39. The van der Waals surface area contributed by atoms with Crippen LogP contribution in [0.15, 0.2) is 18.2 Å². The van der Waals surface area contributed by atoms with Crippen LogP contribution in [0.25, 0.3) is 0 Å². The summed E-state index contributed by atoms with van der Waals surface area (Å²) in [5.74, 6) is -0.475. The first-order valence-corrected chi connectivity index (χ1v) is 6.99. The van der Waals surface area contributed by atoms with Crippen molar-refractivity contribution in [2.75, 3.05) is 6.61 Å². The van der Waals surface area contributed by atoms with Crippen molar-refractivity contribution < 1.29 is 13.9 Å². The van der Waals surface area contributed by atoms with Gasteiger partial charge in [0.2, 0.25) is 0 Å². The number of carbonyl (C=O) groups is 1. The highest BCUT2D eigenvalue weighted by Crippen LogP contribution is 2.23. The van der Waals surface area contributed by atoms with Crippen molar-refractivity contribution in [3.63, 3.8) is 0 Å². The number of benzene rings is 1. The lowest BCUT2D eigenvalue weighted by atomic mass is 10.2. The van der Waals surface area contributed by atoms with E-state index in [4.69, 9.17) is 4.74 Å². The molecular weight excluding hydrogens is 259 g/mol. The zero-order valence-corrected chi connectivity index (χ0v) is 11.9. The minimum atomic E-state index is -0.438. The van der Waals surface area contributed by atoms with Crippen LogP contribution in [0.3, 0.4) is 0 Å². The molecule has 4 nitrogen and oxygen atoms in total. The molecule has 0 atom stereocenters. The number of halogens is 1. The van der Waals surface area contributed by atoms with Gasteiger partial charge in [0.1, 0.15) is 0 Å². The molecule has 1 aromatic carbocycles. The number of ether oxygens (including phenoxy) is 1. The van der Waals surface area contributed by atoms with Gasteiger partial charge in [-0.3, -0.25) is 4.79 Å².